The van der Waals surface area contributed by atoms with E-state index in [2.05, 4.69) is 0 Å². The molecule has 0 aliphatic rings. The Morgan fingerprint density at radius 1 is 1.29 bits per heavy atom. The second kappa shape index (κ2) is 6.37. The Labute approximate surface area is 97.2 Å². The number of carbonyl (C=O) groups excluding carboxylic acids is 1. The second-order valence-electron chi connectivity index (χ2n) is 3.02. The first kappa shape index (κ1) is 16.4. The van der Waals surface area contributed by atoms with Gasteiger partial charge in [-0.1, -0.05) is 0 Å². The minimum Gasteiger partial charge on any atom is -0.334 e. The van der Waals surface area contributed by atoms with E-state index in [0.29, 0.717) is 0 Å². The fourth-order valence-corrected chi connectivity index (χ4v) is 2.49. The molecular weight excluding hydrogens is 262 g/mol. The molecule has 0 aliphatic heterocycles. The third-order valence-electron chi connectivity index (χ3n) is 1.69. The first-order valence-electron chi connectivity index (χ1n) is 4.93. The molecule has 0 fully saturated rings. The number of carbonyl (C=O) groups is 1. The van der Waals surface area contributed by atoms with E-state index < -0.39 is 25.5 Å². The zero-order valence-corrected chi connectivity index (χ0v) is 10.6. The highest BCUT2D eigenvalue weighted by Crippen LogP contribution is 2.51. The molecule has 5 nitrogen and oxygen atoms in total. The third-order valence-corrected chi connectivity index (χ3v) is 4.00. The molecule has 0 heterocycles. The molecule has 0 aliphatic carbocycles. The lowest BCUT2D eigenvalue weighted by atomic mass is 10.5. The summed E-state index contributed by atoms with van der Waals surface area (Å²) in [5.74, 6) is -3.54. The van der Waals surface area contributed by atoms with E-state index in [1.807, 2.05) is 0 Å². The van der Waals surface area contributed by atoms with Crippen LogP contribution in [0, 0.1) is 0 Å². The van der Waals surface area contributed by atoms with Gasteiger partial charge in [0.1, 0.15) is 5.78 Å². The summed E-state index contributed by atoms with van der Waals surface area (Å²) in [5, 5.41) is 1.55. The van der Waals surface area contributed by atoms with Gasteiger partial charge < -0.3 is 14.4 Å². The van der Waals surface area contributed by atoms with Crippen LogP contribution in [-0.2, 0) is 18.4 Å². The SMILES string of the molecule is CCOP(=O)(OCC)C(C)NC(=O)C(F)(F)F. The molecule has 0 radical (unpaired) electrons. The van der Waals surface area contributed by atoms with Gasteiger partial charge in [-0.3, -0.25) is 9.36 Å². The van der Waals surface area contributed by atoms with Crippen molar-refractivity contribution in [1.29, 1.82) is 0 Å². The van der Waals surface area contributed by atoms with Crippen molar-refractivity contribution >= 4 is 13.5 Å². The molecule has 1 N–H and O–H groups in total. The third kappa shape index (κ3) is 5.06. The smallest absolute Gasteiger partial charge is 0.334 e. The zero-order chi connectivity index (χ0) is 13.7. The lowest BCUT2D eigenvalue weighted by Crippen LogP contribution is -2.42. The van der Waals surface area contributed by atoms with Gasteiger partial charge in [0.2, 0.25) is 0 Å². The van der Waals surface area contributed by atoms with Crippen molar-refractivity contribution in [3.8, 4) is 0 Å². The maximum absolute atomic E-state index is 12.0. The first-order chi connectivity index (χ1) is 7.67. The van der Waals surface area contributed by atoms with E-state index in [1.54, 1.807) is 5.32 Å². The molecule has 102 valence electrons. The summed E-state index contributed by atoms with van der Waals surface area (Å²) >= 11 is 0. The van der Waals surface area contributed by atoms with E-state index in [0.717, 1.165) is 6.92 Å². The van der Waals surface area contributed by atoms with Crippen molar-refractivity contribution < 1.29 is 31.6 Å². The Morgan fingerprint density at radius 3 is 2.00 bits per heavy atom. The number of alkyl halides is 3. The highest BCUT2D eigenvalue weighted by atomic mass is 31.2. The van der Waals surface area contributed by atoms with Gasteiger partial charge in [0.05, 0.1) is 13.2 Å². The van der Waals surface area contributed by atoms with Gasteiger partial charge in [0, 0.05) is 0 Å². The molecule has 0 rings (SSSR count). The van der Waals surface area contributed by atoms with E-state index in [4.69, 9.17) is 9.05 Å². The van der Waals surface area contributed by atoms with Crippen molar-refractivity contribution in [1.82, 2.24) is 5.32 Å². The molecule has 0 bridgehead atoms. The summed E-state index contributed by atoms with van der Waals surface area (Å²) in [6.07, 6.45) is -5.03. The molecule has 0 aromatic carbocycles. The Balaban J connectivity index is 4.70. The topological polar surface area (TPSA) is 64.6 Å². The van der Waals surface area contributed by atoms with Crippen molar-refractivity contribution in [3.05, 3.63) is 0 Å². The van der Waals surface area contributed by atoms with Crippen molar-refractivity contribution in [2.45, 2.75) is 32.7 Å². The zero-order valence-electron chi connectivity index (χ0n) is 9.71. The van der Waals surface area contributed by atoms with Crippen LogP contribution in [0.15, 0.2) is 0 Å². The van der Waals surface area contributed by atoms with E-state index in [1.165, 1.54) is 13.8 Å². The normalized spacial score (nSPS) is 14.5. The highest BCUT2D eigenvalue weighted by molar-refractivity contribution is 7.54. The number of amides is 1. The van der Waals surface area contributed by atoms with Crippen LogP contribution in [0.25, 0.3) is 0 Å². The van der Waals surface area contributed by atoms with Crippen LogP contribution in [-0.4, -0.2) is 31.1 Å². The molecule has 1 unspecified atom stereocenters. The molecule has 1 atom stereocenters. The van der Waals surface area contributed by atoms with Crippen LogP contribution in [0.3, 0.4) is 0 Å². The fourth-order valence-electron chi connectivity index (χ4n) is 0.971. The number of halogens is 3. The Hall–Kier alpha value is -0.590. The monoisotopic (exact) mass is 277 g/mol. The molecule has 0 saturated heterocycles. The van der Waals surface area contributed by atoms with Crippen molar-refractivity contribution in [3.63, 3.8) is 0 Å². The van der Waals surface area contributed by atoms with Gasteiger partial charge in [-0.05, 0) is 20.8 Å². The molecule has 9 heteroatoms. The van der Waals surface area contributed by atoms with Crippen LogP contribution in [0.1, 0.15) is 20.8 Å². The maximum Gasteiger partial charge on any atom is 0.471 e. The largest absolute Gasteiger partial charge is 0.471 e. The summed E-state index contributed by atoms with van der Waals surface area (Å²) in [5.41, 5.74) is 0. The molecule has 0 aromatic heterocycles. The van der Waals surface area contributed by atoms with Gasteiger partial charge in [-0.15, -0.1) is 0 Å². The molecule has 0 aromatic rings. The number of rotatable bonds is 6. The van der Waals surface area contributed by atoms with Crippen LogP contribution in [0.5, 0.6) is 0 Å². The van der Waals surface area contributed by atoms with Gasteiger partial charge in [0.15, 0.2) is 0 Å². The molecular formula is C8H15F3NO4P. The summed E-state index contributed by atoms with van der Waals surface area (Å²) in [7, 11) is -3.77. The minimum absolute atomic E-state index is 0.00348. The summed E-state index contributed by atoms with van der Waals surface area (Å²) in [6.45, 7) is 4.18. The Kier molecular flexibility index (Phi) is 6.15. The van der Waals surface area contributed by atoms with Gasteiger partial charge >= 0.3 is 19.7 Å². The molecule has 0 spiro atoms. The lowest BCUT2D eigenvalue weighted by Gasteiger charge is -2.24. The standard InChI is InChI=1S/C8H15F3NO4P/c1-4-15-17(14,16-5-2)6(3)12-7(13)8(9,10)11/h6H,4-5H2,1-3H3,(H,12,13). The lowest BCUT2D eigenvalue weighted by molar-refractivity contribution is -0.173. The number of hydrogen-bond donors (Lipinski definition) is 1. The van der Waals surface area contributed by atoms with E-state index in [-0.39, 0.29) is 13.2 Å². The summed E-state index contributed by atoms with van der Waals surface area (Å²) < 4.78 is 57.5. The van der Waals surface area contributed by atoms with Gasteiger partial charge in [0.25, 0.3) is 0 Å². The maximum atomic E-state index is 12.0. The molecule has 17 heavy (non-hydrogen) atoms. The van der Waals surface area contributed by atoms with Gasteiger partial charge in [-0.25, -0.2) is 0 Å². The predicted octanol–water partition coefficient (Wildman–Crippen LogP) is 2.28. The van der Waals surface area contributed by atoms with Crippen LogP contribution in [0.4, 0.5) is 13.2 Å². The predicted molar refractivity (Wildman–Crippen MR) is 54.5 cm³/mol. The average molecular weight is 277 g/mol. The fraction of sp³-hybridized carbons (Fsp3) is 0.875. The van der Waals surface area contributed by atoms with Crippen LogP contribution >= 0.6 is 7.60 Å². The Bertz CT molecular complexity index is 298. The number of hydrogen-bond acceptors (Lipinski definition) is 4. The van der Waals surface area contributed by atoms with Crippen LogP contribution in [0.2, 0.25) is 0 Å². The highest BCUT2D eigenvalue weighted by Gasteiger charge is 2.43. The molecule has 0 saturated carbocycles. The van der Waals surface area contributed by atoms with E-state index in [9.17, 15) is 22.5 Å². The molecule has 1 amide bonds. The summed E-state index contributed by atoms with van der Waals surface area (Å²) in [4.78, 5) is 10.7. The minimum atomic E-state index is -5.03. The van der Waals surface area contributed by atoms with Gasteiger partial charge in [-0.2, -0.15) is 13.2 Å². The summed E-state index contributed by atoms with van der Waals surface area (Å²) in [6, 6.07) is 0. The Morgan fingerprint density at radius 2 is 1.71 bits per heavy atom. The quantitative estimate of drug-likeness (QED) is 0.756. The number of nitrogens with one attached hydrogen (secondary N) is 1. The first-order valence-corrected chi connectivity index (χ1v) is 6.55. The van der Waals surface area contributed by atoms with Crippen molar-refractivity contribution in [2.24, 2.45) is 0 Å². The van der Waals surface area contributed by atoms with Crippen LogP contribution < -0.4 is 5.32 Å². The second-order valence-corrected chi connectivity index (χ2v) is 5.39. The van der Waals surface area contributed by atoms with E-state index >= 15 is 0 Å². The average Bonchev–Trinajstić information content (AvgIpc) is 2.16. The van der Waals surface area contributed by atoms with Crippen molar-refractivity contribution in [2.75, 3.05) is 13.2 Å².